The third-order valence-electron chi connectivity index (χ3n) is 4.76. The fraction of sp³-hybridized carbons (Fsp3) is 0.174. The summed E-state index contributed by atoms with van der Waals surface area (Å²) in [4.78, 5) is 12.9. The van der Waals surface area contributed by atoms with Gasteiger partial charge in [0.25, 0.3) is 10.0 Å². The van der Waals surface area contributed by atoms with Gasteiger partial charge in [-0.05, 0) is 55.8 Å². The number of sulfonamides is 1. The maximum atomic E-state index is 13.5. The molecule has 0 fully saturated rings. The predicted molar refractivity (Wildman–Crippen MR) is 124 cm³/mol. The minimum Gasteiger partial charge on any atom is -0.497 e. The van der Waals surface area contributed by atoms with Crippen LogP contribution in [0.4, 0.5) is 11.4 Å². The average molecular weight is 459 g/mol. The van der Waals surface area contributed by atoms with E-state index in [-0.39, 0.29) is 4.90 Å². The Morgan fingerprint density at radius 1 is 1.03 bits per heavy atom. The van der Waals surface area contributed by atoms with Crippen molar-refractivity contribution in [2.75, 3.05) is 23.3 Å². The lowest BCUT2D eigenvalue weighted by Crippen LogP contribution is -2.38. The lowest BCUT2D eigenvalue weighted by molar-refractivity contribution is -0.114. The van der Waals surface area contributed by atoms with Gasteiger partial charge in [-0.25, -0.2) is 8.42 Å². The van der Waals surface area contributed by atoms with Gasteiger partial charge in [0.15, 0.2) is 0 Å². The highest BCUT2D eigenvalue weighted by molar-refractivity contribution is 7.92. The number of benzene rings is 3. The zero-order valence-corrected chi connectivity index (χ0v) is 19.0. The summed E-state index contributed by atoms with van der Waals surface area (Å²) in [5.74, 6) is 0.0796. The lowest BCUT2D eigenvalue weighted by Gasteiger charge is -2.26. The van der Waals surface area contributed by atoms with Crippen molar-refractivity contribution in [2.45, 2.75) is 18.7 Å². The van der Waals surface area contributed by atoms with E-state index >= 15 is 0 Å². The molecule has 3 rings (SSSR count). The quantitative estimate of drug-likeness (QED) is 0.551. The maximum absolute atomic E-state index is 13.5. The van der Waals surface area contributed by atoms with E-state index in [1.807, 2.05) is 6.92 Å². The van der Waals surface area contributed by atoms with E-state index in [4.69, 9.17) is 16.3 Å². The van der Waals surface area contributed by atoms with Gasteiger partial charge in [-0.1, -0.05) is 41.4 Å². The minimum absolute atomic E-state index is 0.0895. The highest BCUT2D eigenvalue weighted by Gasteiger charge is 2.28. The summed E-state index contributed by atoms with van der Waals surface area (Å²) in [6, 6.07) is 18.3. The van der Waals surface area contributed by atoms with Crippen molar-refractivity contribution in [3.05, 3.63) is 82.9 Å². The molecule has 0 aliphatic rings. The zero-order chi connectivity index (χ0) is 22.6. The molecular formula is C23H23ClN2O4S. The fourth-order valence-corrected chi connectivity index (χ4v) is 4.68. The number of nitrogens with one attached hydrogen (secondary N) is 1. The van der Waals surface area contributed by atoms with E-state index in [2.05, 4.69) is 5.32 Å². The van der Waals surface area contributed by atoms with Crippen LogP contribution in [0, 0.1) is 13.8 Å². The highest BCUT2D eigenvalue weighted by atomic mass is 35.5. The summed E-state index contributed by atoms with van der Waals surface area (Å²) in [6.45, 7) is 3.17. The fourth-order valence-electron chi connectivity index (χ4n) is 3.04. The molecule has 0 aromatic heterocycles. The first-order chi connectivity index (χ1) is 14.7. The predicted octanol–water partition coefficient (Wildman–Crippen LogP) is 4.80. The van der Waals surface area contributed by atoms with Crippen molar-refractivity contribution in [1.29, 1.82) is 0 Å². The number of anilines is 2. The third kappa shape index (κ3) is 5.18. The van der Waals surface area contributed by atoms with E-state index in [9.17, 15) is 13.2 Å². The van der Waals surface area contributed by atoms with E-state index < -0.39 is 22.5 Å². The van der Waals surface area contributed by atoms with E-state index in [0.29, 0.717) is 27.7 Å². The van der Waals surface area contributed by atoms with Gasteiger partial charge < -0.3 is 10.1 Å². The van der Waals surface area contributed by atoms with Crippen molar-refractivity contribution >= 4 is 38.9 Å². The average Bonchev–Trinajstić information content (AvgIpc) is 2.74. The van der Waals surface area contributed by atoms with Crippen molar-refractivity contribution in [1.82, 2.24) is 0 Å². The zero-order valence-electron chi connectivity index (χ0n) is 17.4. The Balaban J connectivity index is 1.98. The van der Waals surface area contributed by atoms with Crippen molar-refractivity contribution in [3.8, 4) is 5.75 Å². The smallest absolute Gasteiger partial charge is 0.264 e. The molecule has 8 heteroatoms. The van der Waals surface area contributed by atoms with Gasteiger partial charge in [0.05, 0.1) is 17.7 Å². The number of ether oxygens (including phenoxy) is 1. The van der Waals surface area contributed by atoms with Crippen LogP contribution >= 0.6 is 11.6 Å². The molecule has 0 radical (unpaired) electrons. The molecule has 3 aromatic carbocycles. The SMILES string of the molecule is COc1cccc(NC(=O)CN(c2cccc(Cl)c2C)S(=O)(=O)c2ccc(C)cc2)c1. The topological polar surface area (TPSA) is 75.7 Å². The normalized spacial score (nSPS) is 11.1. The highest BCUT2D eigenvalue weighted by Crippen LogP contribution is 2.31. The van der Waals surface area contributed by atoms with Gasteiger partial charge in [0.2, 0.25) is 5.91 Å². The molecule has 0 unspecified atom stereocenters. The number of hydrogen-bond acceptors (Lipinski definition) is 4. The van der Waals surface area contributed by atoms with Crippen LogP contribution in [0.15, 0.2) is 71.6 Å². The van der Waals surface area contributed by atoms with Crippen LogP contribution in [0.2, 0.25) is 5.02 Å². The van der Waals surface area contributed by atoms with Gasteiger partial charge in [-0.15, -0.1) is 0 Å². The molecule has 0 heterocycles. The second kappa shape index (κ2) is 9.41. The van der Waals surface area contributed by atoms with Crippen LogP contribution in [0.1, 0.15) is 11.1 Å². The monoisotopic (exact) mass is 458 g/mol. The standard InChI is InChI=1S/C23H23ClN2O4S/c1-16-10-12-20(13-11-16)31(28,29)26(22-9-5-8-21(24)17(22)2)15-23(27)25-18-6-4-7-19(14-18)30-3/h4-14H,15H2,1-3H3,(H,25,27). The Hall–Kier alpha value is -3.03. The van der Waals surface area contributed by atoms with Crippen molar-refractivity contribution in [3.63, 3.8) is 0 Å². The molecule has 0 bridgehead atoms. The number of rotatable bonds is 7. The second-order valence-electron chi connectivity index (χ2n) is 6.99. The number of hydrogen-bond donors (Lipinski definition) is 1. The van der Waals surface area contributed by atoms with Crippen molar-refractivity contribution < 1.29 is 17.9 Å². The summed E-state index contributed by atoms with van der Waals surface area (Å²) in [7, 11) is -2.49. The number of methoxy groups -OCH3 is 1. The molecule has 0 aliphatic carbocycles. The Kier molecular flexibility index (Phi) is 6.87. The van der Waals surface area contributed by atoms with E-state index in [0.717, 1.165) is 9.87 Å². The number of halogens is 1. The summed E-state index contributed by atoms with van der Waals surface area (Å²) in [6.07, 6.45) is 0. The number of carbonyl (C=O) groups is 1. The molecule has 162 valence electrons. The summed E-state index contributed by atoms with van der Waals surface area (Å²) < 4.78 is 33.2. The van der Waals surface area contributed by atoms with Gasteiger partial charge in [0, 0.05) is 16.8 Å². The van der Waals surface area contributed by atoms with Crippen LogP contribution < -0.4 is 14.4 Å². The van der Waals surface area contributed by atoms with Crippen molar-refractivity contribution in [2.24, 2.45) is 0 Å². The largest absolute Gasteiger partial charge is 0.497 e. The van der Waals surface area contributed by atoms with Gasteiger partial charge >= 0.3 is 0 Å². The first kappa shape index (κ1) is 22.7. The van der Waals surface area contributed by atoms with E-state index in [1.54, 1.807) is 61.5 Å². The van der Waals surface area contributed by atoms with Gasteiger partial charge in [-0.3, -0.25) is 9.10 Å². The molecule has 31 heavy (non-hydrogen) atoms. The molecule has 0 saturated carbocycles. The molecule has 0 aliphatic heterocycles. The molecule has 0 spiro atoms. The number of aryl methyl sites for hydroxylation is 1. The number of carbonyl (C=O) groups excluding carboxylic acids is 1. The Bertz CT molecular complexity index is 1190. The summed E-state index contributed by atoms with van der Waals surface area (Å²) >= 11 is 6.24. The number of amides is 1. The van der Waals surface area contributed by atoms with E-state index in [1.165, 1.54) is 19.2 Å². The first-order valence-corrected chi connectivity index (χ1v) is 11.3. The molecule has 3 aromatic rings. The minimum atomic E-state index is -4.02. The van der Waals surface area contributed by atoms with Gasteiger partial charge in [0.1, 0.15) is 12.3 Å². The maximum Gasteiger partial charge on any atom is 0.264 e. The molecule has 1 amide bonds. The third-order valence-corrected chi connectivity index (χ3v) is 6.94. The Labute approximate surface area is 187 Å². The van der Waals surface area contributed by atoms with Crippen LogP contribution in [0.3, 0.4) is 0 Å². The molecule has 0 saturated heterocycles. The Morgan fingerprint density at radius 2 is 1.71 bits per heavy atom. The van der Waals surface area contributed by atoms with Crippen LogP contribution in [0.5, 0.6) is 5.75 Å². The van der Waals surface area contributed by atoms with Crippen LogP contribution in [0.25, 0.3) is 0 Å². The molecular weight excluding hydrogens is 436 g/mol. The Morgan fingerprint density at radius 3 is 2.39 bits per heavy atom. The number of nitrogens with zero attached hydrogens (tertiary/aromatic N) is 1. The van der Waals surface area contributed by atoms with Crippen LogP contribution in [-0.4, -0.2) is 28.0 Å². The first-order valence-electron chi connectivity index (χ1n) is 9.51. The van der Waals surface area contributed by atoms with Gasteiger partial charge in [-0.2, -0.15) is 0 Å². The summed E-state index contributed by atoms with van der Waals surface area (Å²) in [5.41, 5.74) is 2.34. The molecule has 1 N–H and O–H groups in total. The van der Waals surface area contributed by atoms with Crippen LogP contribution in [-0.2, 0) is 14.8 Å². The molecule has 0 atom stereocenters. The summed E-state index contributed by atoms with van der Waals surface area (Å²) in [5, 5.41) is 3.14. The lowest BCUT2D eigenvalue weighted by atomic mass is 10.2. The second-order valence-corrected chi connectivity index (χ2v) is 9.26. The molecule has 6 nitrogen and oxygen atoms in total.